The van der Waals surface area contributed by atoms with Gasteiger partial charge in [-0.2, -0.15) is 0 Å². The lowest BCUT2D eigenvalue weighted by atomic mass is 10.1. The van der Waals surface area contributed by atoms with Gasteiger partial charge in [0.25, 0.3) is 0 Å². The Kier molecular flexibility index (Phi) is 1.72. The highest BCUT2D eigenvalue weighted by molar-refractivity contribution is 5.05. The zero-order valence-electron chi connectivity index (χ0n) is 8.20. The summed E-state index contributed by atoms with van der Waals surface area (Å²) in [4.78, 5) is 0. The van der Waals surface area contributed by atoms with Crippen LogP contribution >= 0.6 is 0 Å². The van der Waals surface area contributed by atoms with E-state index < -0.39 is 24.4 Å². The quantitative estimate of drug-likeness (QED) is 0.609. The third-order valence-corrected chi connectivity index (χ3v) is 2.99. The van der Waals surface area contributed by atoms with Crippen LogP contribution < -0.4 is 5.32 Å². The van der Waals surface area contributed by atoms with Gasteiger partial charge in [-0.05, 0) is 13.8 Å². The summed E-state index contributed by atoms with van der Waals surface area (Å²) in [5, 5.41) is 3.07. The van der Waals surface area contributed by atoms with Gasteiger partial charge in [0.15, 0.2) is 12.1 Å². The Morgan fingerprint density at radius 2 is 2.07 bits per heavy atom. The largest absolute Gasteiger partial charge is 0.342 e. The molecular formula is C9H14FNO3. The summed E-state index contributed by atoms with van der Waals surface area (Å²) in [6.45, 7) is 4.03. The van der Waals surface area contributed by atoms with Crippen molar-refractivity contribution in [1.82, 2.24) is 5.32 Å². The van der Waals surface area contributed by atoms with Crippen LogP contribution in [0.25, 0.3) is 0 Å². The van der Waals surface area contributed by atoms with Crippen LogP contribution in [0.2, 0.25) is 0 Å². The average molecular weight is 203 g/mol. The van der Waals surface area contributed by atoms with Crippen molar-refractivity contribution in [3.05, 3.63) is 0 Å². The lowest BCUT2D eigenvalue weighted by molar-refractivity contribution is -0.209. The molecule has 5 atom stereocenters. The van der Waals surface area contributed by atoms with Crippen molar-refractivity contribution in [2.24, 2.45) is 0 Å². The molecule has 3 heterocycles. The normalized spacial score (nSPS) is 54.6. The van der Waals surface area contributed by atoms with Gasteiger partial charge in [0.05, 0.1) is 6.04 Å². The molecule has 0 aromatic rings. The summed E-state index contributed by atoms with van der Waals surface area (Å²) >= 11 is 0. The predicted octanol–water partition coefficient (Wildman–Crippen LogP) is 0.173. The molecule has 0 aromatic heterocycles. The molecule has 0 bridgehead atoms. The van der Waals surface area contributed by atoms with Crippen LogP contribution in [0, 0.1) is 0 Å². The van der Waals surface area contributed by atoms with E-state index in [0.717, 1.165) is 0 Å². The Morgan fingerprint density at radius 3 is 2.86 bits per heavy atom. The standard InChI is InChI=1S/C9H14FNO3/c1-9(2)13-7-5-6(4(10)3-11-5)12-8(7)14-9/h4-8,11H,3H2,1-2H3/t4-,5-,6+,7+,8+/m0/s1. The monoisotopic (exact) mass is 203 g/mol. The number of halogens is 1. The lowest BCUT2D eigenvalue weighted by Gasteiger charge is -2.21. The van der Waals surface area contributed by atoms with Crippen LogP contribution in [0.3, 0.4) is 0 Å². The second-order valence-corrected chi connectivity index (χ2v) is 4.52. The first-order valence-corrected chi connectivity index (χ1v) is 4.95. The fourth-order valence-electron chi connectivity index (χ4n) is 2.44. The molecule has 0 saturated carbocycles. The Labute approximate surface area is 81.7 Å². The molecule has 0 aromatic carbocycles. The van der Waals surface area contributed by atoms with Gasteiger partial charge < -0.3 is 19.5 Å². The zero-order chi connectivity index (χ0) is 9.92. The Balaban J connectivity index is 1.80. The van der Waals surface area contributed by atoms with Crippen molar-refractivity contribution in [3.63, 3.8) is 0 Å². The average Bonchev–Trinajstić information content (AvgIpc) is 2.63. The van der Waals surface area contributed by atoms with Gasteiger partial charge in [0.1, 0.15) is 18.4 Å². The summed E-state index contributed by atoms with van der Waals surface area (Å²) in [5.41, 5.74) is 0. The van der Waals surface area contributed by atoms with Crippen LogP contribution in [0.4, 0.5) is 4.39 Å². The van der Waals surface area contributed by atoms with E-state index in [9.17, 15) is 4.39 Å². The highest BCUT2D eigenvalue weighted by Crippen LogP contribution is 2.40. The second kappa shape index (κ2) is 2.66. The first kappa shape index (κ1) is 9.03. The minimum atomic E-state index is -0.944. The maximum absolute atomic E-state index is 13.3. The molecule has 0 aliphatic carbocycles. The highest BCUT2D eigenvalue weighted by Gasteiger charge is 2.58. The topological polar surface area (TPSA) is 39.7 Å². The van der Waals surface area contributed by atoms with E-state index >= 15 is 0 Å². The van der Waals surface area contributed by atoms with E-state index in [1.165, 1.54) is 0 Å². The summed E-state index contributed by atoms with van der Waals surface area (Å²) < 4.78 is 29.9. The molecule has 1 N–H and O–H groups in total. The molecule has 14 heavy (non-hydrogen) atoms. The maximum Gasteiger partial charge on any atom is 0.189 e. The van der Waals surface area contributed by atoms with E-state index in [4.69, 9.17) is 14.2 Å². The molecule has 80 valence electrons. The summed E-state index contributed by atoms with van der Waals surface area (Å²) in [6.07, 6.45) is -1.93. The zero-order valence-corrected chi connectivity index (χ0v) is 8.20. The maximum atomic E-state index is 13.3. The second-order valence-electron chi connectivity index (χ2n) is 4.52. The van der Waals surface area contributed by atoms with E-state index in [0.29, 0.717) is 6.54 Å². The SMILES string of the molecule is CC1(C)O[C@H]2O[C@H]3[C@H](NC[C@@H]3F)[C@H]2O1. The summed E-state index contributed by atoms with van der Waals surface area (Å²) in [6, 6.07) is -0.0585. The number of fused-ring (bicyclic) bond motifs is 3. The minimum absolute atomic E-state index is 0.0585. The number of ether oxygens (including phenoxy) is 3. The van der Waals surface area contributed by atoms with Crippen LogP contribution in [0.5, 0.6) is 0 Å². The third-order valence-electron chi connectivity index (χ3n) is 2.99. The van der Waals surface area contributed by atoms with Gasteiger partial charge in [-0.3, -0.25) is 0 Å². The molecule has 3 aliphatic rings. The molecule has 0 spiro atoms. The Bertz CT molecular complexity index is 260. The number of nitrogens with one attached hydrogen (secondary N) is 1. The van der Waals surface area contributed by atoms with Gasteiger partial charge in [0.2, 0.25) is 0 Å². The van der Waals surface area contributed by atoms with Gasteiger partial charge in [-0.15, -0.1) is 0 Å². The van der Waals surface area contributed by atoms with Crippen LogP contribution in [-0.4, -0.2) is 43.0 Å². The first-order valence-electron chi connectivity index (χ1n) is 4.95. The fourth-order valence-corrected chi connectivity index (χ4v) is 2.44. The molecule has 3 fully saturated rings. The molecule has 3 saturated heterocycles. The molecule has 0 unspecified atom stereocenters. The van der Waals surface area contributed by atoms with Crippen LogP contribution in [0.15, 0.2) is 0 Å². The van der Waals surface area contributed by atoms with E-state index in [1.54, 1.807) is 0 Å². The smallest absolute Gasteiger partial charge is 0.189 e. The molecular weight excluding hydrogens is 189 g/mol. The number of alkyl halides is 1. The first-order chi connectivity index (χ1) is 6.57. The number of hydrogen-bond acceptors (Lipinski definition) is 4. The van der Waals surface area contributed by atoms with Crippen molar-refractivity contribution in [1.29, 1.82) is 0 Å². The Hall–Kier alpha value is -0.230. The Morgan fingerprint density at radius 1 is 1.29 bits per heavy atom. The number of rotatable bonds is 0. The highest BCUT2D eigenvalue weighted by atomic mass is 19.1. The fraction of sp³-hybridized carbons (Fsp3) is 1.00. The lowest BCUT2D eigenvalue weighted by Crippen LogP contribution is -2.39. The van der Waals surface area contributed by atoms with E-state index in [-0.39, 0.29) is 12.1 Å². The molecule has 0 radical (unpaired) electrons. The van der Waals surface area contributed by atoms with Crippen molar-refractivity contribution in [3.8, 4) is 0 Å². The molecule has 4 nitrogen and oxygen atoms in total. The van der Waals surface area contributed by atoms with E-state index in [2.05, 4.69) is 5.32 Å². The number of hydrogen-bond donors (Lipinski definition) is 1. The van der Waals surface area contributed by atoms with Gasteiger partial charge in [-0.1, -0.05) is 0 Å². The van der Waals surface area contributed by atoms with Gasteiger partial charge in [0, 0.05) is 6.54 Å². The predicted molar refractivity (Wildman–Crippen MR) is 45.4 cm³/mol. The van der Waals surface area contributed by atoms with Crippen LogP contribution in [-0.2, 0) is 14.2 Å². The molecule has 5 heteroatoms. The molecule has 3 rings (SSSR count). The minimum Gasteiger partial charge on any atom is -0.342 e. The van der Waals surface area contributed by atoms with Crippen molar-refractivity contribution in [2.75, 3.05) is 6.54 Å². The van der Waals surface area contributed by atoms with Gasteiger partial charge >= 0.3 is 0 Å². The third kappa shape index (κ3) is 1.13. The van der Waals surface area contributed by atoms with Crippen molar-refractivity contribution < 1.29 is 18.6 Å². The van der Waals surface area contributed by atoms with Crippen molar-refractivity contribution >= 4 is 0 Å². The molecule has 0 amide bonds. The summed E-state index contributed by atoms with van der Waals surface area (Å²) in [7, 11) is 0. The van der Waals surface area contributed by atoms with Crippen LogP contribution in [0.1, 0.15) is 13.8 Å². The van der Waals surface area contributed by atoms with E-state index in [1.807, 2.05) is 13.8 Å². The van der Waals surface area contributed by atoms with Crippen molar-refractivity contribution in [2.45, 2.75) is 50.3 Å². The van der Waals surface area contributed by atoms with Gasteiger partial charge in [-0.25, -0.2) is 4.39 Å². The summed E-state index contributed by atoms with van der Waals surface area (Å²) in [5.74, 6) is -0.615. The molecule has 3 aliphatic heterocycles.